The molecule has 3 aromatic rings. The molecule has 1 saturated heterocycles. The number of nitriles is 1. The fourth-order valence-corrected chi connectivity index (χ4v) is 5.73. The molecule has 0 aliphatic carbocycles. The van der Waals surface area contributed by atoms with E-state index in [2.05, 4.69) is 20.2 Å². The van der Waals surface area contributed by atoms with E-state index < -0.39 is 21.0 Å². The van der Waals surface area contributed by atoms with Crippen molar-refractivity contribution in [2.45, 2.75) is 49.7 Å². The van der Waals surface area contributed by atoms with Crippen molar-refractivity contribution in [2.24, 2.45) is 0 Å². The summed E-state index contributed by atoms with van der Waals surface area (Å²) >= 11 is 0. The van der Waals surface area contributed by atoms with Crippen molar-refractivity contribution >= 4 is 9.84 Å². The highest BCUT2D eigenvalue weighted by Crippen LogP contribution is 2.38. The summed E-state index contributed by atoms with van der Waals surface area (Å²) in [6, 6.07) is 7.28. The van der Waals surface area contributed by atoms with Crippen LogP contribution in [0.25, 0.3) is 5.69 Å². The van der Waals surface area contributed by atoms with Gasteiger partial charge in [0.2, 0.25) is 0 Å². The van der Waals surface area contributed by atoms with Gasteiger partial charge in [0.25, 0.3) is 0 Å². The Hall–Kier alpha value is -3.56. The summed E-state index contributed by atoms with van der Waals surface area (Å²) in [6.45, 7) is 3.95. The van der Waals surface area contributed by atoms with Gasteiger partial charge in [-0.1, -0.05) is 13.0 Å². The fourth-order valence-electron chi connectivity index (χ4n) is 4.17. The van der Waals surface area contributed by atoms with Crippen LogP contribution >= 0.6 is 0 Å². The third kappa shape index (κ3) is 4.89. The second-order valence-corrected chi connectivity index (χ2v) is 10.9. The topological polar surface area (TPSA) is 142 Å². The number of hydrogen-bond donors (Lipinski definition) is 0. The van der Waals surface area contributed by atoms with Gasteiger partial charge < -0.3 is 14.2 Å². The highest BCUT2D eigenvalue weighted by atomic mass is 32.2. The maximum atomic E-state index is 13.6. The number of hydrogen-bond acceptors (Lipinski definition) is 10. The second kappa shape index (κ2) is 10.6. The van der Waals surface area contributed by atoms with Crippen molar-refractivity contribution in [3.05, 3.63) is 53.6 Å². The first-order valence-corrected chi connectivity index (χ1v) is 13.2. The number of para-hydroxylation sites is 1. The molecule has 1 aromatic carbocycles. The van der Waals surface area contributed by atoms with Gasteiger partial charge in [-0.2, -0.15) is 5.26 Å². The van der Waals surface area contributed by atoms with Crippen LogP contribution in [0.15, 0.2) is 30.6 Å². The number of nitrogens with zero attached hydrogens (tertiary/aromatic N) is 6. The van der Waals surface area contributed by atoms with E-state index in [1.165, 1.54) is 26.6 Å². The van der Waals surface area contributed by atoms with Crippen LogP contribution in [0.5, 0.6) is 11.5 Å². The number of benzene rings is 1. The van der Waals surface area contributed by atoms with Crippen LogP contribution in [0.1, 0.15) is 61.7 Å². The Labute approximate surface area is 210 Å². The van der Waals surface area contributed by atoms with E-state index in [9.17, 15) is 8.42 Å². The smallest absolute Gasteiger partial charge is 0.167 e. The molecule has 36 heavy (non-hydrogen) atoms. The predicted molar refractivity (Wildman–Crippen MR) is 130 cm³/mol. The van der Waals surface area contributed by atoms with Crippen molar-refractivity contribution < 1.29 is 22.6 Å². The first-order chi connectivity index (χ1) is 17.3. The van der Waals surface area contributed by atoms with Crippen molar-refractivity contribution in [3.63, 3.8) is 0 Å². The zero-order valence-corrected chi connectivity index (χ0v) is 21.4. The molecule has 3 heterocycles. The maximum Gasteiger partial charge on any atom is 0.167 e. The lowest BCUT2D eigenvalue weighted by Gasteiger charge is -2.21. The average molecular weight is 513 g/mol. The van der Waals surface area contributed by atoms with E-state index in [1.807, 2.05) is 6.07 Å². The number of methoxy groups -OCH3 is 2. The van der Waals surface area contributed by atoms with Gasteiger partial charge in [0, 0.05) is 24.9 Å². The molecule has 190 valence electrons. The summed E-state index contributed by atoms with van der Waals surface area (Å²) in [5, 5.41) is 16.8. The summed E-state index contributed by atoms with van der Waals surface area (Å²) in [6.07, 6.45) is 4.05. The minimum absolute atomic E-state index is 0.225. The largest absolute Gasteiger partial charge is 0.494 e. The molecule has 0 N–H and O–H groups in total. The van der Waals surface area contributed by atoms with Gasteiger partial charge in [-0.3, -0.25) is 4.57 Å². The van der Waals surface area contributed by atoms with Crippen LogP contribution in [0.3, 0.4) is 0 Å². The highest BCUT2D eigenvalue weighted by molar-refractivity contribution is 7.91. The van der Waals surface area contributed by atoms with E-state index in [0.29, 0.717) is 41.0 Å². The van der Waals surface area contributed by atoms with Crippen LogP contribution in [-0.2, 0) is 20.3 Å². The average Bonchev–Trinajstić information content (AvgIpc) is 3.57. The molecule has 1 fully saturated rings. The Morgan fingerprint density at radius 1 is 1.17 bits per heavy atom. The molecular weight excluding hydrogens is 484 g/mol. The number of sulfone groups is 1. The van der Waals surface area contributed by atoms with Gasteiger partial charge >= 0.3 is 0 Å². The van der Waals surface area contributed by atoms with Gasteiger partial charge in [-0.05, 0) is 31.9 Å². The molecule has 4 rings (SSSR count). The SMILES string of the molecule is COc1cccc(OC)c1-n1c(CS(=O)(=O)[C@@H](C)[C@H](C)c2ncc(C#N)cn2)nnc1[C@@H]1CCCO1. The fraction of sp³-hybridized carbons (Fsp3) is 0.458. The van der Waals surface area contributed by atoms with E-state index in [1.54, 1.807) is 36.6 Å². The van der Waals surface area contributed by atoms with Gasteiger partial charge in [0.05, 0.1) is 25.0 Å². The minimum atomic E-state index is -3.75. The maximum absolute atomic E-state index is 13.6. The third-order valence-corrected chi connectivity index (χ3v) is 8.61. The number of rotatable bonds is 9. The molecule has 1 aliphatic heterocycles. The number of aromatic nitrogens is 5. The zero-order valence-electron chi connectivity index (χ0n) is 20.6. The summed E-state index contributed by atoms with van der Waals surface area (Å²) in [5.41, 5.74) is 0.821. The van der Waals surface area contributed by atoms with E-state index in [0.717, 1.165) is 12.8 Å². The lowest BCUT2D eigenvalue weighted by atomic mass is 10.1. The van der Waals surface area contributed by atoms with E-state index in [4.69, 9.17) is 19.5 Å². The lowest BCUT2D eigenvalue weighted by Crippen LogP contribution is -2.27. The van der Waals surface area contributed by atoms with Crippen molar-refractivity contribution in [2.75, 3.05) is 20.8 Å². The quantitative estimate of drug-likeness (QED) is 0.420. The molecule has 0 spiro atoms. The summed E-state index contributed by atoms with van der Waals surface area (Å²) in [5.74, 6) is 1.14. The van der Waals surface area contributed by atoms with Crippen LogP contribution < -0.4 is 9.47 Å². The molecule has 11 nitrogen and oxygen atoms in total. The molecule has 0 saturated carbocycles. The zero-order chi connectivity index (χ0) is 25.9. The summed E-state index contributed by atoms with van der Waals surface area (Å²) in [7, 11) is -0.679. The van der Waals surface area contributed by atoms with E-state index >= 15 is 0 Å². The van der Waals surface area contributed by atoms with Gasteiger partial charge in [-0.25, -0.2) is 18.4 Å². The van der Waals surface area contributed by atoms with Crippen LogP contribution in [-0.4, -0.2) is 59.2 Å². The van der Waals surface area contributed by atoms with Crippen molar-refractivity contribution in [1.82, 2.24) is 24.7 Å². The highest BCUT2D eigenvalue weighted by Gasteiger charge is 2.34. The molecule has 12 heteroatoms. The molecule has 0 unspecified atom stereocenters. The Balaban J connectivity index is 1.75. The monoisotopic (exact) mass is 512 g/mol. The molecule has 0 bridgehead atoms. The summed E-state index contributed by atoms with van der Waals surface area (Å²) in [4.78, 5) is 8.35. The van der Waals surface area contributed by atoms with Gasteiger partial charge in [0.15, 0.2) is 21.5 Å². The Morgan fingerprint density at radius 3 is 2.39 bits per heavy atom. The molecule has 2 aromatic heterocycles. The van der Waals surface area contributed by atoms with E-state index in [-0.39, 0.29) is 17.7 Å². The molecular formula is C24H28N6O5S. The first kappa shape index (κ1) is 25.5. The van der Waals surface area contributed by atoms with Crippen molar-refractivity contribution in [1.29, 1.82) is 5.26 Å². The van der Waals surface area contributed by atoms with Crippen molar-refractivity contribution in [3.8, 4) is 23.3 Å². The standard InChI is InChI=1S/C24H28N6O5S/c1-15(23-26-12-17(11-25)13-27-23)16(2)36(31,32)14-21-28-29-24(20-9-6-10-35-20)30(21)22-18(33-3)7-5-8-19(22)34-4/h5,7-8,12-13,15-16,20H,6,9-10,14H2,1-4H3/t15-,16-,20-/m0/s1. The summed E-state index contributed by atoms with van der Waals surface area (Å²) < 4.78 is 45.9. The van der Waals surface area contributed by atoms with Crippen LogP contribution in [0.4, 0.5) is 0 Å². The Kier molecular flexibility index (Phi) is 7.51. The lowest BCUT2D eigenvalue weighted by molar-refractivity contribution is 0.103. The minimum Gasteiger partial charge on any atom is -0.494 e. The molecule has 1 aliphatic rings. The third-order valence-electron chi connectivity index (χ3n) is 6.41. The molecule has 0 amide bonds. The Bertz CT molecular complexity index is 1340. The van der Waals surface area contributed by atoms with Gasteiger partial charge in [0.1, 0.15) is 40.9 Å². The molecule has 3 atom stereocenters. The normalized spacial score (nSPS) is 17.4. The van der Waals surface area contributed by atoms with Crippen LogP contribution in [0, 0.1) is 11.3 Å². The van der Waals surface area contributed by atoms with Crippen LogP contribution in [0.2, 0.25) is 0 Å². The number of ether oxygens (including phenoxy) is 3. The van der Waals surface area contributed by atoms with Gasteiger partial charge in [-0.15, -0.1) is 10.2 Å². The predicted octanol–water partition coefficient (Wildman–Crippen LogP) is 2.90. The molecule has 0 radical (unpaired) electrons. The Morgan fingerprint density at radius 2 is 1.83 bits per heavy atom. The first-order valence-electron chi connectivity index (χ1n) is 11.5. The second-order valence-electron chi connectivity index (χ2n) is 8.57.